The number of halogens is 1. The summed E-state index contributed by atoms with van der Waals surface area (Å²) in [5.74, 6) is 0.794. The van der Waals surface area contributed by atoms with E-state index < -0.39 is 0 Å². The van der Waals surface area contributed by atoms with Gasteiger partial charge in [-0.15, -0.1) is 0 Å². The van der Waals surface area contributed by atoms with E-state index in [1.165, 1.54) is 11.1 Å². The summed E-state index contributed by atoms with van der Waals surface area (Å²) in [7, 11) is 0. The van der Waals surface area contributed by atoms with Gasteiger partial charge in [-0.05, 0) is 55.0 Å². The normalized spacial score (nSPS) is 19.9. The first kappa shape index (κ1) is 12.5. The number of aryl methyl sites for hydroxylation is 1. The Bertz CT molecular complexity index is 426. The van der Waals surface area contributed by atoms with Crippen molar-refractivity contribution >= 4 is 11.6 Å². The van der Waals surface area contributed by atoms with Crippen LogP contribution in [0.4, 0.5) is 0 Å². The van der Waals surface area contributed by atoms with E-state index >= 15 is 0 Å². The third-order valence-corrected chi connectivity index (χ3v) is 3.43. The SMILES string of the molecule is C/C(=C/Cl)COc1ccc2c(c1)[C@@H](O)CCC2. The van der Waals surface area contributed by atoms with Crippen LogP contribution in [0.25, 0.3) is 0 Å². The van der Waals surface area contributed by atoms with E-state index in [4.69, 9.17) is 16.3 Å². The van der Waals surface area contributed by atoms with Crippen molar-refractivity contribution in [2.75, 3.05) is 6.61 Å². The number of rotatable bonds is 3. The van der Waals surface area contributed by atoms with E-state index in [-0.39, 0.29) is 6.10 Å². The molecule has 1 aliphatic carbocycles. The molecule has 1 N–H and O–H groups in total. The Balaban J connectivity index is 2.12. The minimum Gasteiger partial charge on any atom is -0.489 e. The maximum Gasteiger partial charge on any atom is 0.120 e. The number of aliphatic hydroxyl groups is 1. The highest BCUT2D eigenvalue weighted by Gasteiger charge is 2.18. The summed E-state index contributed by atoms with van der Waals surface area (Å²) >= 11 is 5.57. The summed E-state index contributed by atoms with van der Waals surface area (Å²) in [6.45, 7) is 2.40. The van der Waals surface area contributed by atoms with Gasteiger partial charge in [0.1, 0.15) is 12.4 Å². The first-order chi connectivity index (χ1) is 8.20. The molecule has 2 nitrogen and oxygen atoms in total. The Morgan fingerprint density at radius 3 is 3.18 bits per heavy atom. The minimum atomic E-state index is -0.341. The number of hydrogen-bond acceptors (Lipinski definition) is 2. The molecule has 0 aromatic heterocycles. The summed E-state index contributed by atoms with van der Waals surface area (Å²) < 4.78 is 5.61. The zero-order valence-corrected chi connectivity index (χ0v) is 10.7. The lowest BCUT2D eigenvalue weighted by Crippen LogP contribution is -2.09. The minimum absolute atomic E-state index is 0.341. The first-order valence-electron chi connectivity index (χ1n) is 5.90. The van der Waals surface area contributed by atoms with Crippen molar-refractivity contribution in [1.82, 2.24) is 0 Å². The number of hydrogen-bond donors (Lipinski definition) is 1. The zero-order valence-electron chi connectivity index (χ0n) is 9.95. The van der Waals surface area contributed by atoms with Gasteiger partial charge in [-0.25, -0.2) is 0 Å². The molecule has 92 valence electrons. The second-order valence-electron chi connectivity index (χ2n) is 4.51. The van der Waals surface area contributed by atoms with Crippen molar-refractivity contribution < 1.29 is 9.84 Å². The molecule has 1 atom stereocenters. The Morgan fingerprint density at radius 1 is 1.59 bits per heavy atom. The van der Waals surface area contributed by atoms with Crippen molar-refractivity contribution in [2.45, 2.75) is 32.3 Å². The molecule has 0 fully saturated rings. The van der Waals surface area contributed by atoms with Gasteiger partial charge in [-0.1, -0.05) is 17.7 Å². The fourth-order valence-electron chi connectivity index (χ4n) is 2.07. The highest BCUT2D eigenvalue weighted by atomic mass is 35.5. The number of fused-ring (bicyclic) bond motifs is 1. The molecule has 2 rings (SSSR count). The van der Waals surface area contributed by atoms with E-state index in [9.17, 15) is 5.11 Å². The number of benzene rings is 1. The average molecular weight is 253 g/mol. The fourth-order valence-corrected chi connectivity index (χ4v) is 2.13. The zero-order chi connectivity index (χ0) is 12.3. The Labute approximate surface area is 107 Å². The van der Waals surface area contributed by atoms with Crippen molar-refractivity contribution in [1.29, 1.82) is 0 Å². The molecule has 0 spiro atoms. The lowest BCUT2D eigenvalue weighted by Gasteiger charge is -2.22. The third kappa shape index (κ3) is 3.02. The molecule has 0 saturated carbocycles. The smallest absolute Gasteiger partial charge is 0.120 e. The Kier molecular flexibility index (Phi) is 4.08. The molecule has 0 unspecified atom stereocenters. The molecule has 3 heteroatoms. The van der Waals surface area contributed by atoms with Crippen LogP contribution in [0.3, 0.4) is 0 Å². The molecular weight excluding hydrogens is 236 g/mol. The molecule has 1 aromatic carbocycles. The van der Waals surface area contributed by atoms with Crippen LogP contribution in [0.1, 0.15) is 37.0 Å². The quantitative estimate of drug-likeness (QED) is 0.891. The van der Waals surface area contributed by atoms with Gasteiger partial charge in [-0.2, -0.15) is 0 Å². The topological polar surface area (TPSA) is 29.5 Å². The van der Waals surface area contributed by atoms with Gasteiger partial charge in [0.05, 0.1) is 6.10 Å². The van der Waals surface area contributed by atoms with Crippen LogP contribution < -0.4 is 4.74 Å². The van der Waals surface area contributed by atoms with Crippen LogP contribution in [0.15, 0.2) is 29.3 Å². The van der Waals surface area contributed by atoms with Crippen molar-refractivity contribution in [2.24, 2.45) is 0 Å². The van der Waals surface area contributed by atoms with E-state index in [0.29, 0.717) is 6.61 Å². The largest absolute Gasteiger partial charge is 0.489 e. The van der Waals surface area contributed by atoms with Gasteiger partial charge < -0.3 is 9.84 Å². The molecule has 17 heavy (non-hydrogen) atoms. The summed E-state index contributed by atoms with van der Waals surface area (Å²) in [4.78, 5) is 0. The van der Waals surface area contributed by atoms with Crippen LogP contribution in [0.5, 0.6) is 5.75 Å². The lowest BCUT2D eigenvalue weighted by atomic mass is 9.89. The maximum absolute atomic E-state index is 9.92. The molecule has 0 aliphatic heterocycles. The second kappa shape index (κ2) is 5.56. The second-order valence-corrected chi connectivity index (χ2v) is 4.73. The van der Waals surface area contributed by atoms with E-state index in [1.54, 1.807) is 0 Å². The highest BCUT2D eigenvalue weighted by Crippen LogP contribution is 2.32. The monoisotopic (exact) mass is 252 g/mol. The molecule has 0 heterocycles. The molecule has 1 aromatic rings. The lowest BCUT2D eigenvalue weighted by molar-refractivity contribution is 0.156. The number of ether oxygens (including phenoxy) is 1. The van der Waals surface area contributed by atoms with Gasteiger partial charge in [0, 0.05) is 5.54 Å². The standard InChI is InChI=1S/C14H17ClO2/c1-10(8-15)9-17-12-6-5-11-3-2-4-14(16)13(11)7-12/h5-8,14,16H,2-4,9H2,1H3/b10-8-/t14-/m0/s1. The molecular formula is C14H17ClO2. The van der Waals surface area contributed by atoms with Crippen molar-refractivity contribution in [3.05, 3.63) is 40.4 Å². The van der Waals surface area contributed by atoms with Gasteiger partial charge in [0.2, 0.25) is 0 Å². The summed E-state index contributed by atoms with van der Waals surface area (Å²) in [6, 6.07) is 5.95. The summed E-state index contributed by atoms with van der Waals surface area (Å²) in [5.41, 5.74) is 4.75. The highest BCUT2D eigenvalue weighted by molar-refractivity contribution is 6.25. The van der Waals surface area contributed by atoms with Crippen LogP contribution in [0.2, 0.25) is 0 Å². The Hall–Kier alpha value is -0.990. The van der Waals surface area contributed by atoms with Crippen LogP contribution in [-0.2, 0) is 6.42 Å². The molecule has 0 saturated heterocycles. The van der Waals surface area contributed by atoms with Crippen LogP contribution in [0, 0.1) is 0 Å². The van der Waals surface area contributed by atoms with Crippen LogP contribution >= 0.6 is 11.6 Å². The average Bonchev–Trinajstić information content (AvgIpc) is 2.36. The van der Waals surface area contributed by atoms with E-state index in [1.807, 2.05) is 25.1 Å². The molecule has 1 aliphatic rings. The molecule has 0 bridgehead atoms. The van der Waals surface area contributed by atoms with Gasteiger partial charge in [0.25, 0.3) is 0 Å². The fraction of sp³-hybridized carbons (Fsp3) is 0.429. The van der Waals surface area contributed by atoms with Gasteiger partial charge >= 0.3 is 0 Å². The predicted octanol–water partition coefficient (Wildman–Crippen LogP) is 3.58. The van der Waals surface area contributed by atoms with Gasteiger partial charge in [0.15, 0.2) is 0 Å². The summed E-state index contributed by atoms with van der Waals surface area (Å²) in [6.07, 6.45) is 2.61. The van der Waals surface area contributed by atoms with Gasteiger partial charge in [-0.3, -0.25) is 0 Å². The molecule has 0 amide bonds. The van der Waals surface area contributed by atoms with Crippen molar-refractivity contribution in [3.8, 4) is 5.75 Å². The maximum atomic E-state index is 9.92. The number of aliphatic hydroxyl groups excluding tert-OH is 1. The third-order valence-electron chi connectivity index (χ3n) is 3.05. The first-order valence-corrected chi connectivity index (χ1v) is 6.34. The van der Waals surface area contributed by atoms with E-state index in [2.05, 4.69) is 0 Å². The van der Waals surface area contributed by atoms with Crippen LogP contribution in [-0.4, -0.2) is 11.7 Å². The Morgan fingerprint density at radius 2 is 2.41 bits per heavy atom. The van der Waals surface area contributed by atoms with E-state index in [0.717, 1.165) is 36.1 Å². The predicted molar refractivity (Wildman–Crippen MR) is 69.4 cm³/mol. The molecule has 0 radical (unpaired) electrons. The van der Waals surface area contributed by atoms with Crippen molar-refractivity contribution in [3.63, 3.8) is 0 Å². The summed E-state index contributed by atoms with van der Waals surface area (Å²) in [5, 5.41) is 9.92.